The number of carbonyl (C=O) groups is 1. The number of rotatable bonds is 3. The van der Waals surface area contributed by atoms with E-state index >= 15 is 0 Å². The fourth-order valence-electron chi connectivity index (χ4n) is 1.49. The predicted octanol–water partition coefficient (Wildman–Crippen LogP) is 2.74. The van der Waals surface area contributed by atoms with Crippen molar-refractivity contribution in [2.45, 2.75) is 13.8 Å². The zero-order valence-electron chi connectivity index (χ0n) is 10.3. The van der Waals surface area contributed by atoms with Gasteiger partial charge in [-0.05, 0) is 31.5 Å². The molecule has 4 nitrogen and oxygen atoms in total. The van der Waals surface area contributed by atoms with Crippen LogP contribution in [0.1, 0.15) is 28.8 Å². The molecular weight excluding hydrogens is 228 g/mol. The molecule has 1 N–H and O–H groups in total. The predicted molar refractivity (Wildman–Crippen MR) is 69.6 cm³/mol. The van der Waals surface area contributed by atoms with Crippen molar-refractivity contribution < 1.29 is 9.21 Å². The minimum absolute atomic E-state index is 0.261. The highest BCUT2D eigenvalue weighted by molar-refractivity contribution is 6.00. The number of hydrogen-bond acceptors (Lipinski definition) is 3. The minimum Gasteiger partial charge on any atom is -0.456 e. The van der Waals surface area contributed by atoms with E-state index in [9.17, 15) is 4.79 Å². The third-order valence-electron chi connectivity index (χ3n) is 2.48. The van der Waals surface area contributed by atoms with Crippen molar-refractivity contribution in [1.82, 2.24) is 5.43 Å². The van der Waals surface area contributed by atoms with Gasteiger partial charge in [0.15, 0.2) is 5.76 Å². The summed E-state index contributed by atoms with van der Waals surface area (Å²) in [6.45, 7) is 3.62. The van der Waals surface area contributed by atoms with Gasteiger partial charge in [0.2, 0.25) is 0 Å². The Kier molecular flexibility index (Phi) is 3.57. The lowest BCUT2D eigenvalue weighted by atomic mass is 10.1. The molecule has 18 heavy (non-hydrogen) atoms. The van der Waals surface area contributed by atoms with E-state index in [1.165, 1.54) is 0 Å². The molecule has 2 aromatic rings. The molecule has 0 unspecified atom stereocenters. The summed E-state index contributed by atoms with van der Waals surface area (Å²) in [6.07, 6.45) is 0. The Labute approximate surface area is 105 Å². The fourth-order valence-corrected chi connectivity index (χ4v) is 1.49. The first-order valence-corrected chi connectivity index (χ1v) is 5.63. The first kappa shape index (κ1) is 12.1. The van der Waals surface area contributed by atoms with Crippen molar-refractivity contribution in [1.29, 1.82) is 0 Å². The number of nitrogens with zero attached hydrogens (tertiary/aromatic N) is 1. The summed E-state index contributed by atoms with van der Waals surface area (Å²) < 4.78 is 5.20. The van der Waals surface area contributed by atoms with Crippen LogP contribution in [0.4, 0.5) is 0 Å². The molecule has 0 aliphatic carbocycles. The SMILES string of the molecule is CC(=NNC(=O)c1ccc(C)o1)c1ccccc1. The molecule has 0 fully saturated rings. The molecule has 0 saturated heterocycles. The van der Waals surface area contributed by atoms with Gasteiger partial charge in [0.05, 0.1) is 5.71 Å². The van der Waals surface area contributed by atoms with Crippen molar-refractivity contribution in [3.8, 4) is 0 Å². The Morgan fingerprint density at radius 1 is 1.17 bits per heavy atom. The Morgan fingerprint density at radius 2 is 1.89 bits per heavy atom. The van der Waals surface area contributed by atoms with E-state index in [2.05, 4.69) is 10.5 Å². The standard InChI is InChI=1S/C14H14N2O2/c1-10-8-9-13(18-10)14(17)16-15-11(2)12-6-4-3-5-7-12/h3-9H,1-2H3,(H,16,17). The van der Waals surface area contributed by atoms with Gasteiger partial charge in [-0.15, -0.1) is 0 Å². The molecule has 0 bridgehead atoms. The number of furan rings is 1. The molecule has 0 atom stereocenters. The smallest absolute Gasteiger partial charge is 0.307 e. The molecule has 0 saturated carbocycles. The normalized spacial score (nSPS) is 11.3. The van der Waals surface area contributed by atoms with Gasteiger partial charge in [0, 0.05) is 0 Å². The molecular formula is C14H14N2O2. The van der Waals surface area contributed by atoms with E-state index < -0.39 is 0 Å². The van der Waals surface area contributed by atoms with Crippen molar-refractivity contribution in [3.63, 3.8) is 0 Å². The molecule has 0 aliphatic rings. The Bertz CT molecular complexity index is 570. The lowest BCUT2D eigenvalue weighted by molar-refractivity contribution is 0.0926. The third kappa shape index (κ3) is 2.85. The van der Waals surface area contributed by atoms with E-state index in [4.69, 9.17) is 4.42 Å². The number of carbonyl (C=O) groups excluding carboxylic acids is 1. The van der Waals surface area contributed by atoms with Crippen molar-refractivity contribution in [2.75, 3.05) is 0 Å². The second kappa shape index (κ2) is 5.31. The van der Waals surface area contributed by atoms with Crippen molar-refractivity contribution >= 4 is 11.6 Å². The van der Waals surface area contributed by atoms with Crippen LogP contribution < -0.4 is 5.43 Å². The topological polar surface area (TPSA) is 54.6 Å². The number of nitrogens with one attached hydrogen (secondary N) is 1. The number of aryl methyl sites for hydroxylation is 1. The van der Waals surface area contributed by atoms with Crippen LogP contribution in [0.25, 0.3) is 0 Å². The van der Waals surface area contributed by atoms with E-state index in [-0.39, 0.29) is 11.7 Å². The lowest BCUT2D eigenvalue weighted by Crippen LogP contribution is -2.18. The van der Waals surface area contributed by atoms with Crippen LogP contribution in [-0.4, -0.2) is 11.6 Å². The zero-order valence-corrected chi connectivity index (χ0v) is 10.3. The summed E-state index contributed by atoms with van der Waals surface area (Å²) in [4.78, 5) is 11.7. The maximum atomic E-state index is 11.7. The molecule has 1 heterocycles. The summed E-state index contributed by atoms with van der Waals surface area (Å²) in [5.41, 5.74) is 4.17. The quantitative estimate of drug-likeness (QED) is 0.664. The largest absolute Gasteiger partial charge is 0.456 e. The zero-order chi connectivity index (χ0) is 13.0. The highest BCUT2D eigenvalue weighted by atomic mass is 16.3. The molecule has 92 valence electrons. The van der Waals surface area contributed by atoms with Gasteiger partial charge in [-0.1, -0.05) is 30.3 Å². The molecule has 1 amide bonds. The molecule has 0 spiro atoms. The van der Waals surface area contributed by atoms with Crippen molar-refractivity contribution in [2.24, 2.45) is 5.10 Å². The van der Waals surface area contributed by atoms with E-state index in [1.807, 2.05) is 37.3 Å². The van der Waals surface area contributed by atoms with Gasteiger partial charge in [-0.3, -0.25) is 4.79 Å². The summed E-state index contributed by atoms with van der Waals surface area (Å²) in [6, 6.07) is 13.0. The number of hydrogen-bond donors (Lipinski definition) is 1. The first-order chi connectivity index (χ1) is 8.66. The van der Waals surface area contributed by atoms with Crippen LogP contribution in [0, 0.1) is 6.92 Å². The highest BCUT2D eigenvalue weighted by Gasteiger charge is 2.08. The molecule has 1 aromatic carbocycles. The molecule has 1 aromatic heterocycles. The molecule has 0 radical (unpaired) electrons. The van der Waals surface area contributed by atoms with Gasteiger partial charge in [-0.25, -0.2) is 5.43 Å². The maximum absolute atomic E-state index is 11.7. The number of hydrazone groups is 1. The molecule has 4 heteroatoms. The van der Waals surface area contributed by atoms with Crippen LogP contribution in [0.3, 0.4) is 0 Å². The fraction of sp³-hybridized carbons (Fsp3) is 0.143. The summed E-state index contributed by atoms with van der Waals surface area (Å²) >= 11 is 0. The molecule has 0 aliphatic heterocycles. The maximum Gasteiger partial charge on any atom is 0.307 e. The Morgan fingerprint density at radius 3 is 2.50 bits per heavy atom. The van der Waals surface area contributed by atoms with Gasteiger partial charge in [0.25, 0.3) is 0 Å². The molecule has 2 rings (SSSR count). The first-order valence-electron chi connectivity index (χ1n) is 5.63. The lowest BCUT2D eigenvalue weighted by Gasteiger charge is -2.01. The average Bonchev–Trinajstić information content (AvgIpc) is 2.83. The number of benzene rings is 1. The van der Waals surface area contributed by atoms with Crippen LogP contribution in [0.5, 0.6) is 0 Å². The van der Waals surface area contributed by atoms with Crippen LogP contribution in [0.15, 0.2) is 52.0 Å². The minimum atomic E-state index is -0.349. The summed E-state index contributed by atoms with van der Waals surface area (Å²) in [7, 11) is 0. The second-order valence-corrected chi connectivity index (χ2v) is 3.91. The number of amides is 1. The van der Waals surface area contributed by atoms with E-state index in [0.29, 0.717) is 5.76 Å². The third-order valence-corrected chi connectivity index (χ3v) is 2.48. The Hall–Kier alpha value is -2.36. The van der Waals surface area contributed by atoms with E-state index in [0.717, 1.165) is 11.3 Å². The van der Waals surface area contributed by atoms with Gasteiger partial charge < -0.3 is 4.42 Å². The van der Waals surface area contributed by atoms with Crippen molar-refractivity contribution in [3.05, 3.63) is 59.5 Å². The van der Waals surface area contributed by atoms with Gasteiger partial charge in [0.1, 0.15) is 5.76 Å². The van der Waals surface area contributed by atoms with E-state index in [1.54, 1.807) is 19.1 Å². The van der Waals surface area contributed by atoms with Crippen LogP contribution in [0.2, 0.25) is 0 Å². The van der Waals surface area contributed by atoms with Crippen LogP contribution >= 0.6 is 0 Å². The van der Waals surface area contributed by atoms with Crippen LogP contribution in [-0.2, 0) is 0 Å². The Balaban J connectivity index is 2.05. The second-order valence-electron chi connectivity index (χ2n) is 3.91. The monoisotopic (exact) mass is 242 g/mol. The van der Waals surface area contributed by atoms with Gasteiger partial charge in [-0.2, -0.15) is 5.10 Å². The van der Waals surface area contributed by atoms with Gasteiger partial charge >= 0.3 is 5.91 Å². The highest BCUT2D eigenvalue weighted by Crippen LogP contribution is 2.06. The summed E-state index contributed by atoms with van der Waals surface area (Å²) in [5.74, 6) is 0.611. The average molecular weight is 242 g/mol. The summed E-state index contributed by atoms with van der Waals surface area (Å²) in [5, 5.41) is 4.04.